The highest BCUT2D eigenvalue weighted by Crippen LogP contribution is 2.27. The Labute approximate surface area is 112 Å². The first-order valence-electron chi connectivity index (χ1n) is 6.32. The molecule has 2 atom stereocenters. The van der Waals surface area contributed by atoms with Crippen LogP contribution in [0.15, 0.2) is 0 Å². The molecule has 1 rings (SSSR count). The summed E-state index contributed by atoms with van der Waals surface area (Å²) in [7, 11) is 0. The minimum absolute atomic E-state index is 0.135. The van der Waals surface area contributed by atoms with Crippen LogP contribution in [0.2, 0.25) is 0 Å². The number of carbonyl (C=O) groups is 2. The van der Waals surface area contributed by atoms with Crippen molar-refractivity contribution in [2.45, 2.75) is 39.2 Å². The standard InChI is InChI=1S/C13H20N2O4/c1-13(2,3)19-12(18)15-7-5-10(11(16)17)9(8-15)4-6-14/h9-10H,4-5,7-8H2,1-3H3,(H,16,17)/t9-,10-/m1/s1. The Kier molecular flexibility index (Phi) is 4.76. The van der Waals surface area contributed by atoms with Gasteiger partial charge in [0.1, 0.15) is 5.60 Å². The van der Waals surface area contributed by atoms with Crippen LogP contribution < -0.4 is 0 Å². The highest BCUT2D eigenvalue weighted by atomic mass is 16.6. The lowest BCUT2D eigenvalue weighted by atomic mass is 9.84. The lowest BCUT2D eigenvalue weighted by molar-refractivity contribution is -0.145. The van der Waals surface area contributed by atoms with Crippen molar-refractivity contribution in [2.24, 2.45) is 11.8 Å². The molecule has 1 amide bonds. The molecule has 0 radical (unpaired) electrons. The lowest BCUT2D eigenvalue weighted by Crippen LogP contribution is -2.47. The molecular weight excluding hydrogens is 248 g/mol. The summed E-state index contributed by atoms with van der Waals surface area (Å²) >= 11 is 0. The number of likely N-dealkylation sites (tertiary alicyclic amines) is 1. The predicted molar refractivity (Wildman–Crippen MR) is 67.3 cm³/mol. The Morgan fingerprint density at radius 3 is 2.58 bits per heavy atom. The number of hydrogen-bond acceptors (Lipinski definition) is 4. The van der Waals surface area contributed by atoms with E-state index in [4.69, 9.17) is 15.1 Å². The number of nitrogens with zero attached hydrogens (tertiary/aromatic N) is 2. The van der Waals surface area contributed by atoms with E-state index >= 15 is 0 Å². The monoisotopic (exact) mass is 268 g/mol. The van der Waals surface area contributed by atoms with Crippen molar-refractivity contribution in [2.75, 3.05) is 13.1 Å². The molecule has 0 spiro atoms. The van der Waals surface area contributed by atoms with Crippen LogP contribution in [0.1, 0.15) is 33.6 Å². The van der Waals surface area contributed by atoms with Crippen LogP contribution >= 0.6 is 0 Å². The van der Waals surface area contributed by atoms with Gasteiger partial charge in [-0.3, -0.25) is 4.79 Å². The van der Waals surface area contributed by atoms with Crippen LogP contribution in [0.25, 0.3) is 0 Å². The zero-order chi connectivity index (χ0) is 14.6. The molecule has 1 aliphatic heterocycles. The smallest absolute Gasteiger partial charge is 0.410 e. The fourth-order valence-electron chi connectivity index (χ4n) is 2.17. The molecular formula is C13H20N2O4. The number of nitriles is 1. The second-order valence-corrected chi connectivity index (χ2v) is 5.78. The molecule has 19 heavy (non-hydrogen) atoms. The molecule has 0 aromatic rings. The van der Waals surface area contributed by atoms with E-state index in [-0.39, 0.29) is 18.9 Å². The molecule has 1 N–H and O–H groups in total. The van der Waals surface area contributed by atoms with E-state index in [1.165, 1.54) is 4.90 Å². The number of aliphatic carboxylic acids is 1. The molecule has 0 aromatic carbocycles. The molecule has 6 heteroatoms. The summed E-state index contributed by atoms with van der Waals surface area (Å²) in [5, 5.41) is 17.9. The first-order valence-corrected chi connectivity index (χ1v) is 6.32. The van der Waals surface area contributed by atoms with Gasteiger partial charge in [-0.05, 0) is 27.2 Å². The third-order valence-electron chi connectivity index (χ3n) is 3.06. The maximum Gasteiger partial charge on any atom is 0.410 e. The number of hydrogen-bond donors (Lipinski definition) is 1. The molecule has 0 aromatic heterocycles. The summed E-state index contributed by atoms with van der Waals surface area (Å²) in [6, 6.07) is 1.99. The van der Waals surface area contributed by atoms with Crippen molar-refractivity contribution in [3.63, 3.8) is 0 Å². The van der Waals surface area contributed by atoms with Gasteiger partial charge >= 0.3 is 12.1 Å². The van der Waals surface area contributed by atoms with Crippen LogP contribution in [0.5, 0.6) is 0 Å². The quantitative estimate of drug-likeness (QED) is 0.825. The van der Waals surface area contributed by atoms with Gasteiger partial charge in [-0.2, -0.15) is 5.26 Å². The van der Waals surface area contributed by atoms with Gasteiger partial charge in [0.2, 0.25) is 0 Å². The Morgan fingerprint density at radius 1 is 1.47 bits per heavy atom. The fourth-order valence-corrected chi connectivity index (χ4v) is 2.17. The first-order chi connectivity index (χ1) is 8.74. The molecule has 6 nitrogen and oxygen atoms in total. The van der Waals surface area contributed by atoms with Crippen LogP contribution in [0.4, 0.5) is 4.79 Å². The largest absolute Gasteiger partial charge is 0.481 e. The third-order valence-corrected chi connectivity index (χ3v) is 3.06. The number of piperidine rings is 1. The maximum atomic E-state index is 11.9. The highest BCUT2D eigenvalue weighted by molar-refractivity contribution is 5.72. The molecule has 106 valence electrons. The zero-order valence-electron chi connectivity index (χ0n) is 11.5. The van der Waals surface area contributed by atoms with Crippen molar-refractivity contribution in [3.8, 4) is 6.07 Å². The first kappa shape index (κ1) is 15.3. The van der Waals surface area contributed by atoms with Gasteiger partial charge in [0.25, 0.3) is 0 Å². The van der Waals surface area contributed by atoms with E-state index < -0.39 is 23.6 Å². The number of amides is 1. The summed E-state index contributed by atoms with van der Waals surface area (Å²) in [5.74, 6) is -1.79. The Balaban J connectivity index is 2.69. The van der Waals surface area contributed by atoms with Crippen molar-refractivity contribution in [1.82, 2.24) is 4.90 Å². The van der Waals surface area contributed by atoms with Gasteiger partial charge in [0, 0.05) is 25.4 Å². The summed E-state index contributed by atoms with van der Waals surface area (Å²) in [4.78, 5) is 24.5. The summed E-state index contributed by atoms with van der Waals surface area (Å²) < 4.78 is 5.26. The maximum absolute atomic E-state index is 11.9. The second kappa shape index (κ2) is 5.91. The molecule has 1 heterocycles. The molecule has 0 saturated carbocycles. The Hall–Kier alpha value is -1.77. The van der Waals surface area contributed by atoms with Crippen molar-refractivity contribution in [1.29, 1.82) is 5.26 Å². The Morgan fingerprint density at radius 2 is 2.11 bits per heavy atom. The van der Waals surface area contributed by atoms with Gasteiger partial charge < -0.3 is 14.7 Å². The molecule has 0 aliphatic carbocycles. The molecule has 1 saturated heterocycles. The van der Waals surface area contributed by atoms with Crippen molar-refractivity contribution >= 4 is 12.1 Å². The highest BCUT2D eigenvalue weighted by Gasteiger charge is 2.36. The second-order valence-electron chi connectivity index (χ2n) is 5.78. The van der Waals surface area contributed by atoms with Crippen LogP contribution in [-0.2, 0) is 9.53 Å². The normalized spacial score (nSPS) is 23.6. The fraction of sp³-hybridized carbons (Fsp3) is 0.769. The van der Waals surface area contributed by atoms with E-state index in [0.29, 0.717) is 13.0 Å². The number of ether oxygens (including phenoxy) is 1. The van der Waals surface area contributed by atoms with E-state index in [1.807, 2.05) is 6.07 Å². The van der Waals surface area contributed by atoms with E-state index in [0.717, 1.165) is 0 Å². The topological polar surface area (TPSA) is 90.6 Å². The van der Waals surface area contributed by atoms with Crippen molar-refractivity contribution in [3.05, 3.63) is 0 Å². The minimum atomic E-state index is -0.899. The zero-order valence-corrected chi connectivity index (χ0v) is 11.5. The third kappa shape index (κ3) is 4.43. The average Bonchev–Trinajstić information content (AvgIpc) is 2.26. The summed E-state index contributed by atoms with van der Waals surface area (Å²) in [6.45, 7) is 5.96. The lowest BCUT2D eigenvalue weighted by Gasteiger charge is -2.36. The van der Waals surface area contributed by atoms with Gasteiger partial charge in [0.15, 0.2) is 0 Å². The molecule has 0 bridgehead atoms. The van der Waals surface area contributed by atoms with Crippen LogP contribution in [-0.4, -0.2) is 40.8 Å². The van der Waals surface area contributed by atoms with Gasteiger partial charge in [-0.25, -0.2) is 4.79 Å². The van der Waals surface area contributed by atoms with Gasteiger partial charge in [-0.15, -0.1) is 0 Å². The molecule has 1 fully saturated rings. The van der Waals surface area contributed by atoms with E-state index in [1.54, 1.807) is 20.8 Å². The molecule has 1 aliphatic rings. The Bertz CT molecular complexity index is 394. The number of carboxylic acid groups (broad SMARTS) is 1. The number of carboxylic acids is 1. The number of carbonyl (C=O) groups excluding carboxylic acids is 1. The summed E-state index contributed by atoms with van der Waals surface area (Å²) in [5.41, 5.74) is -0.578. The van der Waals surface area contributed by atoms with Crippen LogP contribution in [0.3, 0.4) is 0 Å². The average molecular weight is 268 g/mol. The predicted octanol–water partition coefficient (Wildman–Crippen LogP) is 1.86. The minimum Gasteiger partial charge on any atom is -0.481 e. The van der Waals surface area contributed by atoms with E-state index in [9.17, 15) is 9.59 Å². The molecule has 0 unspecified atom stereocenters. The number of rotatable bonds is 2. The summed E-state index contributed by atoms with van der Waals surface area (Å²) in [6.07, 6.45) is 0.0521. The van der Waals surface area contributed by atoms with E-state index in [2.05, 4.69) is 0 Å². The van der Waals surface area contributed by atoms with Gasteiger partial charge in [0.05, 0.1) is 12.0 Å². The van der Waals surface area contributed by atoms with Crippen molar-refractivity contribution < 1.29 is 19.4 Å². The van der Waals surface area contributed by atoms with Gasteiger partial charge in [-0.1, -0.05) is 0 Å². The SMILES string of the molecule is CC(C)(C)OC(=O)N1CC[C@@H](C(=O)O)[C@H](CC#N)C1. The van der Waals surface area contributed by atoms with Crippen LogP contribution in [0, 0.1) is 23.2 Å².